The Bertz CT molecular complexity index is 605. The molecule has 0 bridgehead atoms. The molecule has 5 heteroatoms. The summed E-state index contributed by atoms with van der Waals surface area (Å²) in [6, 6.07) is 12.2. The largest absolute Gasteiger partial charge is 0.354 e. The Morgan fingerprint density at radius 2 is 2.06 bits per heavy atom. The van der Waals surface area contributed by atoms with Crippen LogP contribution >= 0.6 is 23.1 Å². The maximum absolute atomic E-state index is 5.09. The lowest BCUT2D eigenvalue weighted by Crippen LogP contribution is -1.81. The van der Waals surface area contributed by atoms with Gasteiger partial charge in [-0.1, -0.05) is 23.4 Å². The van der Waals surface area contributed by atoms with E-state index in [1.807, 2.05) is 24.3 Å². The van der Waals surface area contributed by atoms with Crippen molar-refractivity contribution in [2.45, 2.75) is 10.6 Å². The lowest BCUT2D eigenvalue weighted by atomic mass is 10.4. The SMILES string of the molecule is c1ccc(SCc2csc(-c3ccno3)n2)cc1. The fraction of sp³-hybridized carbons (Fsp3) is 0.0769. The van der Waals surface area contributed by atoms with Crippen LogP contribution in [0.15, 0.2) is 57.4 Å². The number of aromatic nitrogens is 2. The van der Waals surface area contributed by atoms with Crippen LogP contribution in [0.25, 0.3) is 10.8 Å². The molecule has 0 saturated carbocycles. The quantitative estimate of drug-likeness (QED) is 0.672. The van der Waals surface area contributed by atoms with Gasteiger partial charge in [0.2, 0.25) is 0 Å². The van der Waals surface area contributed by atoms with E-state index in [1.165, 1.54) is 4.90 Å². The van der Waals surface area contributed by atoms with E-state index in [0.29, 0.717) is 0 Å². The molecule has 3 nitrogen and oxygen atoms in total. The molecule has 3 rings (SSSR count). The molecule has 0 amide bonds. The zero-order chi connectivity index (χ0) is 12.2. The van der Waals surface area contributed by atoms with Crippen molar-refractivity contribution in [2.75, 3.05) is 0 Å². The number of thiazole rings is 1. The van der Waals surface area contributed by atoms with E-state index in [9.17, 15) is 0 Å². The molecular formula is C13H10N2OS2. The van der Waals surface area contributed by atoms with E-state index >= 15 is 0 Å². The van der Waals surface area contributed by atoms with Crippen molar-refractivity contribution in [1.82, 2.24) is 10.1 Å². The smallest absolute Gasteiger partial charge is 0.195 e. The molecule has 3 aromatic rings. The number of benzene rings is 1. The van der Waals surface area contributed by atoms with Gasteiger partial charge in [-0.15, -0.1) is 23.1 Å². The van der Waals surface area contributed by atoms with Gasteiger partial charge in [0, 0.05) is 22.1 Å². The van der Waals surface area contributed by atoms with Crippen molar-refractivity contribution in [1.29, 1.82) is 0 Å². The molecule has 2 heterocycles. The van der Waals surface area contributed by atoms with Crippen LogP contribution < -0.4 is 0 Å². The second-order valence-electron chi connectivity index (χ2n) is 3.62. The topological polar surface area (TPSA) is 38.9 Å². The summed E-state index contributed by atoms with van der Waals surface area (Å²) in [5, 5.41) is 6.64. The van der Waals surface area contributed by atoms with Crippen LogP contribution in [0.3, 0.4) is 0 Å². The maximum atomic E-state index is 5.09. The van der Waals surface area contributed by atoms with Crippen molar-refractivity contribution >= 4 is 23.1 Å². The van der Waals surface area contributed by atoms with Crippen molar-refractivity contribution in [2.24, 2.45) is 0 Å². The van der Waals surface area contributed by atoms with Crippen LogP contribution in [0, 0.1) is 0 Å². The summed E-state index contributed by atoms with van der Waals surface area (Å²) in [6.07, 6.45) is 1.63. The maximum Gasteiger partial charge on any atom is 0.195 e. The summed E-state index contributed by atoms with van der Waals surface area (Å²) in [6.45, 7) is 0. The molecule has 2 aromatic heterocycles. The highest BCUT2D eigenvalue weighted by molar-refractivity contribution is 7.98. The lowest BCUT2D eigenvalue weighted by molar-refractivity contribution is 0.432. The van der Waals surface area contributed by atoms with Gasteiger partial charge in [0.25, 0.3) is 0 Å². The Balaban J connectivity index is 1.68. The minimum absolute atomic E-state index is 0.732. The third kappa shape index (κ3) is 2.63. The summed E-state index contributed by atoms with van der Waals surface area (Å²) in [7, 11) is 0. The highest BCUT2D eigenvalue weighted by atomic mass is 32.2. The molecule has 0 spiro atoms. The average Bonchev–Trinajstić information content (AvgIpc) is 3.08. The van der Waals surface area contributed by atoms with Gasteiger partial charge in [0.05, 0.1) is 11.9 Å². The normalized spacial score (nSPS) is 10.7. The van der Waals surface area contributed by atoms with Gasteiger partial charge in [-0.05, 0) is 12.1 Å². The second kappa shape index (κ2) is 5.37. The van der Waals surface area contributed by atoms with Crippen molar-refractivity contribution in [3.05, 3.63) is 53.7 Å². The molecule has 1 aromatic carbocycles. The van der Waals surface area contributed by atoms with Gasteiger partial charge in [0.1, 0.15) is 0 Å². The van der Waals surface area contributed by atoms with Gasteiger partial charge in [-0.2, -0.15) is 0 Å². The fourth-order valence-corrected chi connectivity index (χ4v) is 3.18. The molecule has 0 fully saturated rings. The van der Waals surface area contributed by atoms with E-state index in [4.69, 9.17) is 4.52 Å². The van der Waals surface area contributed by atoms with Gasteiger partial charge < -0.3 is 4.52 Å². The van der Waals surface area contributed by atoms with Crippen LogP contribution in [-0.4, -0.2) is 10.1 Å². The Morgan fingerprint density at radius 1 is 1.17 bits per heavy atom. The molecule has 90 valence electrons. The van der Waals surface area contributed by atoms with Crippen LogP contribution in [0.1, 0.15) is 5.69 Å². The average molecular weight is 274 g/mol. The van der Waals surface area contributed by atoms with Crippen molar-refractivity contribution < 1.29 is 4.52 Å². The molecule has 0 aliphatic carbocycles. The highest BCUT2D eigenvalue weighted by Crippen LogP contribution is 2.27. The summed E-state index contributed by atoms with van der Waals surface area (Å²) in [5.41, 5.74) is 1.07. The summed E-state index contributed by atoms with van der Waals surface area (Å²) in [4.78, 5) is 5.79. The zero-order valence-corrected chi connectivity index (χ0v) is 11.1. The summed E-state index contributed by atoms with van der Waals surface area (Å²) >= 11 is 3.37. The Kier molecular flexibility index (Phi) is 3.43. The number of hydrogen-bond donors (Lipinski definition) is 0. The molecule has 0 radical (unpaired) electrons. The molecular weight excluding hydrogens is 264 g/mol. The van der Waals surface area contributed by atoms with Crippen LogP contribution in [-0.2, 0) is 5.75 Å². The van der Waals surface area contributed by atoms with Gasteiger partial charge >= 0.3 is 0 Å². The first-order valence-electron chi connectivity index (χ1n) is 5.45. The fourth-order valence-electron chi connectivity index (χ4n) is 1.49. The Morgan fingerprint density at radius 3 is 2.83 bits per heavy atom. The van der Waals surface area contributed by atoms with Gasteiger partial charge in [0.15, 0.2) is 10.8 Å². The van der Waals surface area contributed by atoms with Crippen LogP contribution in [0.2, 0.25) is 0 Å². The molecule has 0 aliphatic heterocycles. The van der Waals surface area contributed by atoms with E-state index < -0.39 is 0 Å². The first-order valence-corrected chi connectivity index (χ1v) is 7.31. The third-order valence-electron chi connectivity index (χ3n) is 2.33. The second-order valence-corrected chi connectivity index (χ2v) is 5.53. The molecule has 0 aliphatic rings. The van der Waals surface area contributed by atoms with E-state index in [2.05, 4.69) is 27.7 Å². The van der Waals surface area contributed by atoms with E-state index in [-0.39, 0.29) is 0 Å². The standard InChI is InChI=1S/C13H10N2OS2/c1-2-4-11(5-3-1)17-8-10-9-18-13(15-10)12-6-7-14-16-12/h1-7,9H,8H2. The monoisotopic (exact) mass is 274 g/mol. The van der Waals surface area contributed by atoms with E-state index in [1.54, 1.807) is 29.3 Å². The first kappa shape index (κ1) is 11.5. The summed E-state index contributed by atoms with van der Waals surface area (Å²) < 4.78 is 5.09. The third-order valence-corrected chi connectivity index (χ3v) is 4.28. The van der Waals surface area contributed by atoms with Gasteiger partial charge in [-0.25, -0.2) is 4.98 Å². The predicted molar refractivity (Wildman–Crippen MR) is 73.6 cm³/mol. The van der Waals surface area contributed by atoms with Crippen LogP contribution in [0.4, 0.5) is 0 Å². The van der Waals surface area contributed by atoms with Crippen molar-refractivity contribution in [3.63, 3.8) is 0 Å². The minimum Gasteiger partial charge on any atom is -0.354 e. The predicted octanol–water partition coefficient (Wildman–Crippen LogP) is 4.09. The molecule has 18 heavy (non-hydrogen) atoms. The number of hydrogen-bond acceptors (Lipinski definition) is 5. The molecule has 0 N–H and O–H groups in total. The number of rotatable bonds is 4. The highest BCUT2D eigenvalue weighted by Gasteiger charge is 2.08. The zero-order valence-electron chi connectivity index (χ0n) is 9.45. The Hall–Kier alpha value is -1.59. The summed E-state index contributed by atoms with van der Waals surface area (Å²) in [5.74, 6) is 1.60. The van der Waals surface area contributed by atoms with E-state index in [0.717, 1.165) is 22.2 Å². The van der Waals surface area contributed by atoms with Gasteiger partial charge in [-0.3, -0.25) is 0 Å². The number of nitrogens with zero attached hydrogens (tertiary/aromatic N) is 2. The van der Waals surface area contributed by atoms with Crippen LogP contribution in [0.5, 0.6) is 0 Å². The lowest BCUT2D eigenvalue weighted by Gasteiger charge is -1.97. The first-order chi connectivity index (χ1) is 8.92. The molecule has 0 atom stereocenters. The van der Waals surface area contributed by atoms with Crippen molar-refractivity contribution in [3.8, 4) is 10.8 Å². The number of thioether (sulfide) groups is 1. The minimum atomic E-state index is 0.732. The Labute approximate surface area is 113 Å². The molecule has 0 saturated heterocycles. The molecule has 0 unspecified atom stereocenters.